The van der Waals surface area contributed by atoms with E-state index in [0.717, 1.165) is 0 Å². The van der Waals surface area contributed by atoms with Crippen molar-refractivity contribution < 1.29 is 33.8 Å². The number of carbonyl (C=O) groups is 4. The monoisotopic (exact) mass is 616 g/mol. The number of nitrogens with zero attached hydrogens (tertiary/aromatic N) is 2. The molecule has 0 saturated carbocycles. The first kappa shape index (κ1) is 33.6. The first-order chi connectivity index (χ1) is 18.6. The van der Waals surface area contributed by atoms with E-state index in [-0.39, 0.29) is 24.8 Å². The van der Waals surface area contributed by atoms with E-state index in [1.54, 1.807) is 59.1 Å². The van der Waals surface area contributed by atoms with Crippen molar-refractivity contribution in [2.45, 2.75) is 84.2 Å². The van der Waals surface area contributed by atoms with Crippen molar-refractivity contribution in [2.24, 2.45) is 10.9 Å². The lowest BCUT2D eigenvalue weighted by atomic mass is 10.0. The summed E-state index contributed by atoms with van der Waals surface area (Å²) in [5.74, 6) is -1.67. The molecule has 2 heterocycles. The minimum atomic E-state index is -1.18. The summed E-state index contributed by atoms with van der Waals surface area (Å²) in [4.78, 5) is 58.1. The number of rotatable bonds is 13. The van der Waals surface area contributed by atoms with Crippen LogP contribution in [0.25, 0.3) is 0 Å². The van der Waals surface area contributed by atoms with Gasteiger partial charge >= 0.3 is 18.0 Å². The highest BCUT2D eigenvalue weighted by molar-refractivity contribution is 8.14. The average molecular weight is 617 g/mol. The molecule has 2 amide bonds. The normalized spacial score (nSPS) is 18.8. The smallest absolute Gasteiger partial charge is 0.408 e. The average Bonchev–Trinajstić information content (AvgIpc) is 3.47. The van der Waals surface area contributed by atoms with Gasteiger partial charge in [-0.1, -0.05) is 19.9 Å². The number of alkyl carbamates (subject to hydrolysis) is 1. The number of esters is 1. The minimum absolute atomic E-state index is 0.137. The highest BCUT2D eigenvalue weighted by atomic mass is 35.5. The van der Waals surface area contributed by atoms with E-state index in [1.807, 2.05) is 0 Å². The third kappa shape index (κ3) is 10.7. The predicted octanol–water partition coefficient (Wildman–Crippen LogP) is 4.13. The fraction of sp³-hybridized carbons (Fsp3) is 0.615. The number of carbonyl (C=O) groups excluding carboxylic acids is 3. The highest BCUT2D eigenvalue weighted by Crippen LogP contribution is 2.31. The van der Waals surface area contributed by atoms with Crippen LogP contribution in [0.4, 0.5) is 4.79 Å². The summed E-state index contributed by atoms with van der Waals surface area (Å²) in [7, 11) is 0. The molecule has 1 aromatic heterocycles. The summed E-state index contributed by atoms with van der Waals surface area (Å²) < 4.78 is 10.9. The molecule has 1 aliphatic rings. The molecule has 0 aliphatic carbocycles. The lowest BCUT2D eigenvalue weighted by Gasteiger charge is -2.26. The Kier molecular flexibility index (Phi) is 12.4. The first-order valence-electron chi connectivity index (χ1n) is 12.7. The van der Waals surface area contributed by atoms with Gasteiger partial charge in [0.05, 0.1) is 13.0 Å². The summed E-state index contributed by atoms with van der Waals surface area (Å²) in [5.41, 5.74) is -1.35. The molecule has 3 N–H and O–H groups in total. The van der Waals surface area contributed by atoms with Crippen molar-refractivity contribution in [3.8, 4) is 0 Å². The Morgan fingerprint density at radius 2 is 1.98 bits per heavy atom. The quantitative estimate of drug-likeness (QED) is 0.168. The Hall–Kier alpha value is -2.64. The number of amides is 2. The van der Waals surface area contributed by atoms with Crippen LogP contribution >= 0.6 is 34.7 Å². The minimum Gasteiger partial charge on any atom is -0.479 e. The Morgan fingerprint density at radius 3 is 2.55 bits per heavy atom. The Balaban J connectivity index is 2.00. The molecule has 0 fully saturated rings. The van der Waals surface area contributed by atoms with E-state index in [4.69, 9.17) is 21.1 Å². The van der Waals surface area contributed by atoms with Crippen LogP contribution in [-0.2, 0) is 30.4 Å². The van der Waals surface area contributed by atoms with Crippen molar-refractivity contribution in [3.63, 3.8) is 0 Å². The lowest BCUT2D eigenvalue weighted by molar-refractivity contribution is -0.151. The molecule has 0 spiro atoms. The van der Waals surface area contributed by atoms with Gasteiger partial charge in [0, 0.05) is 17.0 Å². The fourth-order valence-electron chi connectivity index (χ4n) is 3.27. The third-order valence-electron chi connectivity index (χ3n) is 5.38. The first-order valence-corrected chi connectivity index (χ1v) is 15.1. The number of nitrogens with one attached hydrogen (secondary N) is 2. The van der Waals surface area contributed by atoms with E-state index in [1.165, 1.54) is 23.1 Å². The Bertz CT molecular complexity index is 1130. The number of carboxylic acids is 1. The van der Waals surface area contributed by atoms with Crippen LogP contribution < -0.4 is 10.6 Å². The second kappa shape index (κ2) is 14.8. The van der Waals surface area contributed by atoms with Gasteiger partial charge in [-0.2, -0.15) is 0 Å². The van der Waals surface area contributed by atoms with Crippen molar-refractivity contribution in [1.82, 2.24) is 15.6 Å². The zero-order chi connectivity index (χ0) is 30.1. The number of aliphatic carboxylic acids is 1. The van der Waals surface area contributed by atoms with Gasteiger partial charge in [0.1, 0.15) is 33.5 Å². The van der Waals surface area contributed by atoms with E-state index < -0.39 is 41.3 Å². The van der Waals surface area contributed by atoms with Crippen LogP contribution in [0.3, 0.4) is 0 Å². The molecule has 0 bridgehead atoms. The maximum absolute atomic E-state index is 13.0. The van der Waals surface area contributed by atoms with Gasteiger partial charge in [0.15, 0.2) is 5.54 Å². The maximum atomic E-state index is 13.0. The summed E-state index contributed by atoms with van der Waals surface area (Å²) in [6.07, 6.45) is 2.06. The molecule has 3 atom stereocenters. The van der Waals surface area contributed by atoms with Gasteiger partial charge in [-0.05, 0) is 46.1 Å². The second-order valence-corrected chi connectivity index (χ2v) is 12.9. The van der Waals surface area contributed by atoms with Gasteiger partial charge in [-0.25, -0.2) is 19.4 Å². The number of thiazole rings is 1. The van der Waals surface area contributed by atoms with Gasteiger partial charge in [-0.3, -0.25) is 9.79 Å². The molecule has 222 valence electrons. The summed E-state index contributed by atoms with van der Waals surface area (Å²) in [5, 5.41) is 17.6. The van der Waals surface area contributed by atoms with Gasteiger partial charge in [-0.15, -0.1) is 34.7 Å². The van der Waals surface area contributed by atoms with Gasteiger partial charge < -0.3 is 25.2 Å². The van der Waals surface area contributed by atoms with E-state index in [9.17, 15) is 24.3 Å². The van der Waals surface area contributed by atoms with Crippen LogP contribution in [-0.4, -0.2) is 74.0 Å². The fourth-order valence-corrected chi connectivity index (χ4v) is 5.32. The predicted molar refractivity (Wildman–Crippen MR) is 156 cm³/mol. The number of carboxylic acid groups (broad SMARTS) is 1. The zero-order valence-electron chi connectivity index (χ0n) is 23.5. The Morgan fingerprint density at radius 1 is 1.27 bits per heavy atom. The van der Waals surface area contributed by atoms with Crippen LogP contribution in [0.5, 0.6) is 0 Å². The largest absolute Gasteiger partial charge is 0.479 e. The number of allylic oxidation sites excluding steroid dienone is 1. The zero-order valence-corrected chi connectivity index (χ0v) is 25.9. The van der Waals surface area contributed by atoms with Gasteiger partial charge in [0.25, 0.3) is 0 Å². The van der Waals surface area contributed by atoms with Crippen LogP contribution in [0.1, 0.15) is 65.1 Å². The number of aromatic nitrogens is 1. The summed E-state index contributed by atoms with van der Waals surface area (Å²) in [6.45, 7) is 10.4. The lowest BCUT2D eigenvalue weighted by Crippen LogP contribution is -2.48. The van der Waals surface area contributed by atoms with E-state index >= 15 is 0 Å². The van der Waals surface area contributed by atoms with Crippen LogP contribution in [0.15, 0.2) is 22.5 Å². The number of ether oxygens (including phenoxy) is 2. The van der Waals surface area contributed by atoms with Crippen LogP contribution in [0.2, 0.25) is 0 Å². The van der Waals surface area contributed by atoms with Crippen molar-refractivity contribution in [2.75, 3.05) is 11.6 Å². The molecule has 0 radical (unpaired) electrons. The summed E-state index contributed by atoms with van der Waals surface area (Å²) in [6, 6.07) is -0.977. The van der Waals surface area contributed by atoms with E-state index in [0.29, 0.717) is 33.8 Å². The van der Waals surface area contributed by atoms with Gasteiger partial charge in [0.2, 0.25) is 5.91 Å². The molecule has 0 saturated heterocycles. The maximum Gasteiger partial charge on any atom is 0.408 e. The van der Waals surface area contributed by atoms with Crippen molar-refractivity contribution in [3.05, 3.63) is 28.2 Å². The molecule has 1 aromatic rings. The standard InChI is InChI=1S/C26H37ClN4O7S2/c1-15(2)20(30-24(36)38-25(3,4)5)22(33)37-16(9-7-8-10-27)11-18(32)28-12-19-29-17(13-39-19)21-31-26(6,14-40-21)23(34)35/h7,9,13,15-16,20H,8,10-12,14H2,1-6H3,(H,28,32)(H,30,36)(H,34,35)/t16-,20+,26+/m1/s1. The second-order valence-electron chi connectivity index (χ2n) is 10.6. The molecule has 11 nitrogen and oxygen atoms in total. The topological polar surface area (TPSA) is 156 Å². The number of aliphatic imine (C=N–C) groups is 1. The number of alkyl halides is 1. The SMILES string of the molecule is CC(C)[C@H](NC(=O)OC(C)(C)C)C(=O)O[C@H](C=CCCCl)CC(=O)NCc1nc(C2=N[C@](C)(C(=O)O)CS2)cs1. The highest BCUT2D eigenvalue weighted by Gasteiger charge is 2.39. The molecule has 1 aliphatic heterocycles. The molecule has 0 unspecified atom stereocenters. The summed E-state index contributed by atoms with van der Waals surface area (Å²) >= 11 is 8.40. The number of hydrogen-bond acceptors (Lipinski definition) is 10. The number of halogens is 1. The molecule has 2 rings (SSSR count). The van der Waals surface area contributed by atoms with Crippen molar-refractivity contribution in [1.29, 1.82) is 0 Å². The molecule has 0 aromatic carbocycles. The number of hydrogen-bond donors (Lipinski definition) is 3. The van der Waals surface area contributed by atoms with Crippen molar-refractivity contribution >= 4 is 63.7 Å². The van der Waals surface area contributed by atoms with E-state index in [2.05, 4.69) is 20.6 Å². The van der Waals surface area contributed by atoms with Crippen LogP contribution in [0, 0.1) is 5.92 Å². The molecule has 14 heteroatoms. The molecular formula is C26H37ClN4O7S2. The number of thioether (sulfide) groups is 1. The Labute approximate surface area is 247 Å². The molecular weight excluding hydrogens is 580 g/mol. The third-order valence-corrected chi connectivity index (χ3v) is 7.73. The molecule has 40 heavy (non-hydrogen) atoms.